The number of aliphatic hydroxyl groups is 1. The van der Waals surface area contributed by atoms with Crippen LogP contribution in [0.2, 0.25) is 10.0 Å². The lowest BCUT2D eigenvalue weighted by atomic mass is 9.98. The molecule has 1 N–H and O–H groups in total. The Morgan fingerprint density at radius 2 is 1.13 bits per heavy atom. The van der Waals surface area contributed by atoms with E-state index in [2.05, 4.69) is 19.9 Å². The van der Waals surface area contributed by atoms with Crippen LogP contribution in [0.5, 0.6) is 23.0 Å². The highest BCUT2D eigenvalue weighted by atomic mass is 35.5. The number of nitrogens with zero attached hydrogens (tertiary/aromatic N) is 8. The van der Waals surface area contributed by atoms with Gasteiger partial charge in [0.15, 0.2) is 5.75 Å². The number of unbranched alkanes of at least 4 members (excludes halogenated alkanes) is 2. The van der Waals surface area contributed by atoms with Crippen LogP contribution in [0.15, 0.2) is 123 Å². The van der Waals surface area contributed by atoms with Gasteiger partial charge in [0.2, 0.25) is 0 Å². The summed E-state index contributed by atoms with van der Waals surface area (Å²) >= 11 is 11.6. The molecule has 8 aromatic rings. The molecule has 0 saturated carbocycles. The van der Waals surface area contributed by atoms with Gasteiger partial charge in [0, 0.05) is 59.7 Å². The fraction of sp³-hybridized carbons (Fsp3) is 0.260. The molecule has 0 aliphatic rings. The number of carbonyl (C=O) groups is 1. The molecule has 6 aromatic heterocycles. The number of hydrogen-bond acceptors (Lipinski definition) is 12. The van der Waals surface area contributed by atoms with E-state index in [1.807, 2.05) is 33.8 Å². The maximum Gasteiger partial charge on any atom is 0.332 e. The van der Waals surface area contributed by atoms with Crippen molar-refractivity contribution in [3.05, 3.63) is 183 Å². The highest BCUT2D eigenvalue weighted by molar-refractivity contribution is 6.30. The molecule has 352 valence electrons. The van der Waals surface area contributed by atoms with Crippen LogP contribution in [0.3, 0.4) is 0 Å². The lowest BCUT2D eigenvalue weighted by molar-refractivity contribution is 0.112. The SMILES string of the molecule is CCCCn1c(=O)c2c(C(O)c3ccc(Cl)cc3)c(Oc3ccc(C)nc3)cnc2n(C)c1=O.CCCCn1c(=O)c2cc(Oc3ccc(C)nc3)cnc2n(C)c1=O.O=Cc1ccc(Cl)cc1. The van der Waals surface area contributed by atoms with Gasteiger partial charge in [-0.05, 0) is 86.8 Å². The molecule has 0 fully saturated rings. The molecule has 6 heterocycles. The summed E-state index contributed by atoms with van der Waals surface area (Å²) in [6, 6.07) is 22.2. The van der Waals surface area contributed by atoms with E-state index in [0.717, 1.165) is 36.9 Å². The fourth-order valence-corrected chi connectivity index (χ4v) is 7.16. The predicted octanol–water partition coefficient (Wildman–Crippen LogP) is 8.67. The van der Waals surface area contributed by atoms with E-state index in [9.17, 15) is 29.1 Å². The largest absolute Gasteiger partial charge is 0.454 e. The van der Waals surface area contributed by atoms with E-state index in [-0.39, 0.29) is 40.1 Å². The number of hydrogen-bond donors (Lipinski definition) is 1. The highest BCUT2D eigenvalue weighted by Gasteiger charge is 2.26. The van der Waals surface area contributed by atoms with Crippen LogP contribution in [-0.4, -0.2) is 49.6 Å². The van der Waals surface area contributed by atoms with Crippen LogP contribution in [0.25, 0.3) is 22.1 Å². The number of ether oxygens (including phenoxy) is 2. The first-order valence-corrected chi connectivity index (χ1v) is 22.5. The zero-order valence-corrected chi connectivity index (χ0v) is 39.9. The Hall–Kier alpha value is -7.27. The normalized spacial score (nSPS) is 11.3. The quantitative estimate of drug-likeness (QED) is 0.108. The van der Waals surface area contributed by atoms with E-state index in [1.54, 1.807) is 99.3 Å². The van der Waals surface area contributed by atoms with E-state index >= 15 is 0 Å². The number of carbonyl (C=O) groups excluding carboxylic acids is 1. The van der Waals surface area contributed by atoms with Crippen LogP contribution in [0.4, 0.5) is 0 Å². The topological polar surface area (TPSA) is 195 Å². The number of fused-ring (bicyclic) bond motifs is 2. The average molecular weight is 962 g/mol. The molecule has 16 nitrogen and oxygen atoms in total. The van der Waals surface area contributed by atoms with Crippen LogP contribution < -0.4 is 32.0 Å². The molecule has 68 heavy (non-hydrogen) atoms. The van der Waals surface area contributed by atoms with Gasteiger partial charge in [0.1, 0.15) is 40.9 Å². The van der Waals surface area contributed by atoms with Crippen molar-refractivity contribution in [3.63, 3.8) is 0 Å². The molecule has 0 amide bonds. The van der Waals surface area contributed by atoms with Gasteiger partial charge in [-0.15, -0.1) is 0 Å². The van der Waals surface area contributed by atoms with E-state index < -0.39 is 17.4 Å². The van der Waals surface area contributed by atoms with Crippen LogP contribution >= 0.6 is 23.2 Å². The Labute approximate surface area is 400 Å². The molecule has 0 bridgehead atoms. The Bertz CT molecular complexity index is 3280. The minimum atomic E-state index is -1.24. The van der Waals surface area contributed by atoms with E-state index in [4.69, 9.17) is 32.7 Å². The molecule has 1 unspecified atom stereocenters. The second-order valence-corrected chi connectivity index (χ2v) is 16.6. The maximum absolute atomic E-state index is 13.6. The summed E-state index contributed by atoms with van der Waals surface area (Å²) in [6.07, 6.45) is 8.76. The van der Waals surface area contributed by atoms with Crippen molar-refractivity contribution in [2.45, 2.75) is 72.6 Å². The number of halogens is 2. The van der Waals surface area contributed by atoms with Crippen molar-refractivity contribution in [2.75, 3.05) is 0 Å². The van der Waals surface area contributed by atoms with Gasteiger partial charge in [-0.25, -0.2) is 19.6 Å². The molecule has 0 radical (unpaired) electrons. The third-order valence-electron chi connectivity index (χ3n) is 10.7. The average Bonchev–Trinajstić information content (AvgIpc) is 3.34. The van der Waals surface area contributed by atoms with Crippen molar-refractivity contribution in [1.29, 1.82) is 0 Å². The summed E-state index contributed by atoms with van der Waals surface area (Å²) in [7, 11) is 3.17. The van der Waals surface area contributed by atoms with Crippen molar-refractivity contribution in [1.82, 2.24) is 38.2 Å². The second-order valence-electron chi connectivity index (χ2n) is 15.7. The molecule has 0 saturated heterocycles. The van der Waals surface area contributed by atoms with Crippen LogP contribution in [-0.2, 0) is 27.2 Å². The van der Waals surface area contributed by atoms with Crippen molar-refractivity contribution < 1.29 is 19.4 Å². The zero-order valence-electron chi connectivity index (χ0n) is 38.4. The molecule has 0 spiro atoms. The predicted molar refractivity (Wildman–Crippen MR) is 263 cm³/mol. The smallest absolute Gasteiger partial charge is 0.332 e. The zero-order chi connectivity index (χ0) is 49.1. The summed E-state index contributed by atoms with van der Waals surface area (Å²) in [5.74, 6) is 1.60. The molecule has 2 aromatic carbocycles. The Morgan fingerprint density at radius 3 is 1.66 bits per heavy atom. The summed E-state index contributed by atoms with van der Waals surface area (Å²) in [5.41, 5.74) is 1.93. The Morgan fingerprint density at radius 1 is 0.632 bits per heavy atom. The van der Waals surface area contributed by atoms with Crippen molar-refractivity contribution in [2.24, 2.45) is 14.1 Å². The van der Waals surface area contributed by atoms with Gasteiger partial charge in [-0.2, -0.15) is 0 Å². The van der Waals surface area contributed by atoms with Crippen LogP contribution in [0.1, 0.15) is 78.5 Å². The number of aryl methyl sites for hydroxylation is 4. The van der Waals surface area contributed by atoms with Gasteiger partial charge in [0.25, 0.3) is 11.1 Å². The molecular formula is C50H50Cl2N8O8. The lowest BCUT2D eigenvalue weighted by Crippen LogP contribution is -2.40. The third-order valence-corrected chi connectivity index (χ3v) is 11.2. The monoisotopic (exact) mass is 960 g/mol. The number of pyridine rings is 4. The maximum atomic E-state index is 13.6. The molecule has 1 atom stereocenters. The fourth-order valence-electron chi connectivity index (χ4n) is 6.90. The van der Waals surface area contributed by atoms with Gasteiger partial charge in [0.05, 0.1) is 35.6 Å². The number of benzene rings is 2. The van der Waals surface area contributed by atoms with E-state index in [0.29, 0.717) is 62.4 Å². The minimum absolute atomic E-state index is 0.123. The van der Waals surface area contributed by atoms with Crippen molar-refractivity contribution >= 4 is 51.6 Å². The van der Waals surface area contributed by atoms with Crippen molar-refractivity contribution in [3.8, 4) is 23.0 Å². The standard InChI is InChI=1S/C25H25ClN4O4.C18H20N4O3.C7H5ClO/c1-4-5-12-30-24(32)21-20(22(31)16-7-9-17(26)10-8-16)19(14-28-23(21)29(3)25(30)33)34-18-11-6-15(2)27-13-18;1-4-5-8-22-17(23)15-9-14(11-20-16(15)21(3)18(22)24)25-13-7-6-12(2)19-10-13;8-7-3-1-6(5-9)2-4-7/h6-11,13-14,22,31H,4-5,12H2,1-3H3;6-7,9-11H,4-5,8H2,1-3H3;1-5H. The molecule has 8 rings (SSSR count). The Kier molecular flexibility index (Phi) is 16.9. The number of aromatic nitrogens is 8. The molecule has 0 aliphatic heterocycles. The molecular weight excluding hydrogens is 912 g/mol. The number of aliphatic hydroxyl groups excluding tert-OH is 1. The minimum Gasteiger partial charge on any atom is -0.454 e. The number of aldehydes is 1. The lowest BCUT2D eigenvalue weighted by Gasteiger charge is -2.20. The van der Waals surface area contributed by atoms with Gasteiger partial charge >= 0.3 is 11.4 Å². The van der Waals surface area contributed by atoms with Crippen LogP contribution in [0, 0.1) is 13.8 Å². The second kappa shape index (κ2) is 23.0. The van der Waals surface area contributed by atoms with Gasteiger partial charge in [-0.1, -0.05) is 74.2 Å². The van der Waals surface area contributed by atoms with E-state index in [1.165, 1.54) is 30.7 Å². The molecule has 18 heteroatoms. The summed E-state index contributed by atoms with van der Waals surface area (Å²) in [5, 5.41) is 13.1. The van der Waals surface area contributed by atoms with Gasteiger partial charge < -0.3 is 14.6 Å². The first-order chi connectivity index (χ1) is 32.6. The van der Waals surface area contributed by atoms with Gasteiger partial charge in [-0.3, -0.25) is 42.6 Å². The summed E-state index contributed by atoms with van der Waals surface area (Å²) < 4.78 is 16.9. The summed E-state index contributed by atoms with van der Waals surface area (Å²) in [4.78, 5) is 78.6. The highest BCUT2D eigenvalue weighted by Crippen LogP contribution is 2.36. The first kappa shape index (κ1) is 50.1. The first-order valence-electron chi connectivity index (χ1n) is 21.7. The molecule has 0 aliphatic carbocycles. The summed E-state index contributed by atoms with van der Waals surface area (Å²) in [6.45, 7) is 8.40. The third kappa shape index (κ3) is 11.8. The number of rotatable bonds is 13. The Balaban J connectivity index is 0.000000195.